The summed E-state index contributed by atoms with van der Waals surface area (Å²) in [7, 11) is -3.68. The van der Waals surface area contributed by atoms with Crippen molar-refractivity contribution in [2.75, 3.05) is 26.2 Å². The molecule has 3 aromatic rings. The molecule has 1 fully saturated rings. The van der Waals surface area contributed by atoms with Crippen molar-refractivity contribution in [1.29, 1.82) is 5.26 Å². The molecule has 0 saturated carbocycles. The maximum atomic E-state index is 12.9. The number of piperazine rings is 1. The average Bonchev–Trinajstić information content (AvgIpc) is 3.10. The van der Waals surface area contributed by atoms with Crippen LogP contribution in [0.25, 0.3) is 11.1 Å². The second kappa shape index (κ2) is 7.12. The van der Waals surface area contributed by atoms with Gasteiger partial charge in [-0.3, -0.25) is 4.90 Å². The summed E-state index contributed by atoms with van der Waals surface area (Å²) in [5, 5.41) is 9.19. The van der Waals surface area contributed by atoms with Gasteiger partial charge in [0.05, 0.1) is 17.0 Å². The molecule has 1 aliphatic heterocycles. The molecule has 0 N–H and O–H groups in total. The molecule has 0 amide bonds. The monoisotopic (exact) mass is 382 g/mol. The molecule has 8 heteroatoms. The smallest absolute Gasteiger partial charge is 0.244 e. The van der Waals surface area contributed by atoms with Gasteiger partial charge in [0, 0.05) is 26.2 Å². The predicted octanol–water partition coefficient (Wildman–Crippen LogP) is 2.21. The lowest BCUT2D eigenvalue weighted by molar-refractivity contribution is 0.169. The average molecular weight is 382 g/mol. The predicted molar refractivity (Wildman–Crippen MR) is 99.2 cm³/mol. The third-order valence-corrected chi connectivity index (χ3v) is 6.61. The van der Waals surface area contributed by atoms with E-state index >= 15 is 0 Å². The van der Waals surface area contributed by atoms with Crippen LogP contribution in [0.15, 0.2) is 57.8 Å². The summed E-state index contributed by atoms with van der Waals surface area (Å²) >= 11 is 0. The summed E-state index contributed by atoms with van der Waals surface area (Å²) in [6.45, 7) is 2.42. The van der Waals surface area contributed by atoms with Gasteiger partial charge in [-0.1, -0.05) is 24.3 Å². The van der Waals surface area contributed by atoms with Gasteiger partial charge in [0.25, 0.3) is 0 Å². The van der Waals surface area contributed by atoms with Crippen LogP contribution in [0.1, 0.15) is 11.5 Å². The first-order valence-electron chi connectivity index (χ1n) is 8.64. The summed E-state index contributed by atoms with van der Waals surface area (Å²) < 4.78 is 32.9. The third kappa shape index (κ3) is 3.45. The van der Waals surface area contributed by atoms with Crippen LogP contribution in [0.5, 0.6) is 0 Å². The normalized spacial score (nSPS) is 16.4. The number of hydrogen-bond donors (Lipinski definition) is 0. The molecule has 0 spiro atoms. The van der Waals surface area contributed by atoms with Gasteiger partial charge in [-0.05, 0) is 24.3 Å². The lowest BCUT2D eigenvalue weighted by atomic mass is 10.2. The van der Waals surface area contributed by atoms with E-state index < -0.39 is 10.0 Å². The van der Waals surface area contributed by atoms with E-state index in [2.05, 4.69) is 9.88 Å². The van der Waals surface area contributed by atoms with Gasteiger partial charge in [-0.25, -0.2) is 13.4 Å². The number of oxazole rings is 1. The Morgan fingerprint density at radius 1 is 1.04 bits per heavy atom. The maximum absolute atomic E-state index is 12.9. The SMILES string of the molecule is N#Cc1ccccc1S(=O)(=O)N1CCN(Cc2nc3ccccc3o2)CC1. The molecule has 2 heterocycles. The maximum Gasteiger partial charge on any atom is 0.244 e. The molecule has 1 saturated heterocycles. The van der Waals surface area contributed by atoms with Crippen molar-refractivity contribution in [3.05, 3.63) is 60.0 Å². The minimum Gasteiger partial charge on any atom is -0.439 e. The zero-order valence-corrected chi connectivity index (χ0v) is 15.4. The standard InChI is InChI=1S/C19H18N4O3S/c20-13-15-5-1-4-8-18(15)27(24,25)23-11-9-22(10-12-23)14-19-21-16-6-2-3-7-17(16)26-19/h1-8H,9-12,14H2. The number of nitrogens with zero attached hydrogens (tertiary/aromatic N) is 4. The number of sulfonamides is 1. The molecular formula is C19H18N4O3S. The van der Waals surface area contributed by atoms with E-state index in [-0.39, 0.29) is 10.5 Å². The minimum absolute atomic E-state index is 0.0694. The largest absolute Gasteiger partial charge is 0.439 e. The second-order valence-electron chi connectivity index (χ2n) is 6.36. The molecule has 0 unspecified atom stereocenters. The van der Waals surface area contributed by atoms with Crippen LogP contribution in [-0.4, -0.2) is 48.8 Å². The molecule has 0 bridgehead atoms. The Bertz CT molecular complexity index is 1080. The highest BCUT2D eigenvalue weighted by Crippen LogP contribution is 2.22. The van der Waals surface area contributed by atoms with Crippen molar-refractivity contribution in [2.24, 2.45) is 0 Å². The Hall–Kier alpha value is -2.73. The first-order valence-corrected chi connectivity index (χ1v) is 10.1. The Labute approximate surface area is 157 Å². The van der Waals surface area contributed by atoms with Gasteiger partial charge >= 0.3 is 0 Å². The molecule has 2 aromatic carbocycles. The fraction of sp³-hybridized carbons (Fsp3) is 0.263. The summed E-state index contributed by atoms with van der Waals surface area (Å²) in [6.07, 6.45) is 0. The van der Waals surface area contributed by atoms with Crippen LogP contribution in [0.3, 0.4) is 0 Å². The summed E-state index contributed by atoms with van der Waals surface area (Å²) in [6, 6.07) is 15.9. The van der Waals surface area contributed by atoms with Crippen LogP contribution in [0.2, 0.25) is 0 Å². The number of hydrogen-bond acceptors (Lipinski definition) is 6. The topological polar surface area (TPSA) is 90.4 Å². The van der Waals surface area contributed by atoms with Gasteiger partial charge in [0.2, 0.25) is 15.9 Å². The van der Waals surface area contributed by atoms with Gasteiger partial charge in [0.1, 0.15) is 11.6 Å². The van der Waals surface area contributed by atoms with Crippen molar-refractivity contribution in [2.45, 2.75) is 11.4 Å². The fourth-order valence-electron chi connectivity index (χ4n) is 3.23. The highest BCUT2D eigenvalue weighted by molar-refractivity contribution is 7.89. The Morgan fingerprint density at radius 3 is 2.48 bits per heavy atom. The van der Waals surface area contributed by atoms with Crippen molar-refractivity contribution in [3.63, 3.8) is 0 Å². The van der Waals surface area contributed by atoms with Crippen LogP contribution in [0, 0.1) is 11.3 Å². The van der Waals surface area contributed by atoms with E-state index in [0.29, 0.717) is 38.6 Å². The molecule has 4 rings (SSSR count). The summed E-state index contributed by atoms with van der Waals surface area (Å²) in [5.41, 5.74) is 1.75. The van der Waals surface area contributed by atoms with E-state index in [4.69, 9.17) is 4.42 Å². The molecule has 27 heavy (non-hydrogen) atoms. The van der Waals surface area contributed by atoms with Crippen molar-refractivity contribution in [3.8, 4) is 6.07 Å². The Kier molecular flexibility index (Phi) is 4.66. The van der Waals surface area contributed by atoms with Gasteiger partial charge in [0.15, 0.2) is 5.58 Å². The van der Waals surface area contributed by atoms with E-state index in [1.165, 1.54) is 16.4 Å². The zero-order valence-electron chi connectivity index (χ0n) is 14.6. The van der Waals surface area contributed by atoms with E-state index in [9.17, 15) is 13.7 Å². The van der Waals surface area contributed by atoms with Crippen LogP contribution < -0.4 is 0 Å². The van der Waals surface area contributed by atoms with Gasteiger partial charge in [-0.2, -0.15) is 9.57 Å². The van der Waals surface area contributed by atoms with Gasteiger partial charge < -0.3 is 4.42 Å². The van der Waals surface area contributed by atoms with Crippen LogP contribution in [-0.2, 0) is 16.6 Å². The number of fused-ring (bicyclic) bond motifs is 1. The number of aromatic nitrogens is 1. The molecular weight excluding hydrogens is 364 g/mol. The summed E-state index contributed by atoms with van der Waals surface area (Å²) in [5.74, 6) is 0.627. The first-order chi connectivity index (χ1) is 13.1. The lowest BCUT2D eigenvalue weighted by Gasteiger charge is -2.33. The molecule has 0 atom stereocenters. The number of nitriles is 1. The number of benzene rings is 2. The fourth-order valence-corrected chi connectivity index (χ4v) is 4.79. The van der Waals surface area contributed by atoms with E-state index in [0.717, 1.165) is 11.1 Å². The molecule has 7 nitrogen and oxygen atoms in total. The molecule has 0 radical (unpaired) electrons. The summed E-state index contributed by atoms with van der Waals surface area (Å²) in [4.78, 5) is 6.66. The number of para-hydroxylation sites is 2. The third-order valence-electron chi connectivity index (χ3n) is 4.65. The highest BCUT2D eigenvalue weighted by Gasteiger charge is 2.30. The Balaban J connectivity index is 1.44. The molecule has 1 aromatic heterocycles. The molecule has 1 aliphatic rings. The first kappa shape index (κ1) is 17.7. The quantitative estimate of drug-likeness (QED) is 0.687. The van der Waals surface area contributed by atoms with Gasteiger partial charge in [-0.15, -0.1) is 0 Å². The number of rotatable bonds is 4. The van der Waals surface area contributed by atoms with E-state index in [1.54, 1.807) is 12.1 Å². The highest BCUT2D eigenvalue weighted by atomic mass is 32.2. The van der Waals surface area contributed by atoms with Crippen molar-refractivity contribution in [1.82, 2.24) is 14.2 Å². The zero-order chi connectivity index (χ0) is 18.9. The molecule has 0 aliphatic carbocycles. The van der Waals surface area contributed by atoms with E-state index in [1.807, 2.05) is 30.3 Å². The second-order valence-corrected chi connectivity index (χ2v) is 8.27. The van der Waals surface area contributed by atoms with Crippen LogP contribution >= 0.6 is 0 Å². The van der Waals surface area contributed by atoms with Crippen LogP contribution in [0.4, 0.5) is 0 Å². The molecule has 138 valence electrons. The Morgan fingerprint density at radius 2 is 1.74 bits per heavy atom. The van der Waals surface area contributed by atoms with Crippen molar-refractivity contribution >= 4 is 21.1 Å². The minimum atomic E-state index is -3.68. The van der Waals surface area contributed by atoms with Crippen molar-refractivity contribution < 1.29 is 12.8 Å². The lowest BCUT2D eigenvalue weighted by Crippen LogP contribution is -2.48.